The van der Waals surface area contributed by atoms with Gasteiger partial charge in [-0.25, -0.2) is 0 Å². The van der Waals surface area contributed by atoms with Gasteiger partial charge in [-0.1, -0.05) is 0 Å². The second-order valence-electron chi connectivity index (χ2n) is 6.44. The first kappa shape index (κ1) is 18.4. The average Bonchev–Trinajstić information content (AvgIpc) is 2.43. The summed E-state index contributed by atoms with van der Waals surface area (Å²) in [5.74, 6) is -0.124. The van der Waals surface area contributed by atoms with Gasteiger partial charge >= 0.3 is 5.97 Å². The fourth-order valence-corrected chi connectivity index (χ4v) is 2.83. The minimum absolute atomic E-state index is 0.0229. The number of hydrogen-bond acceptors (Lipinski definition) is 5. The van der Waals surface area contributed by atoms with Crippen LogP contribution in [0.1, 0.15) is 45.4 Å². The van der Waals surface area contributed by atoms with Gasteiger partial charge in [0.1, 0.15) is 0 Å². The quantitative estimate of drug-likeness (QED) is 0.498. The predicted octanol–water partition coefficient (Wildman–Crippen LogP) is 1.40. The van der Waals surface area contributed by atoms with Crippen LogP contribution >= 0.6 is 0 Å². The molecular formula is C16H32N2O3. The van der Waals surface area contributed by atoms with Gasteiger partial charge in [0.15, 0.2) is 0 Å². The molecule has 0 saturated heterocycles. The monoisotopic (exact) mass is 300 g/mol. The van der Waals surface area contributed by atoms with Gasteiger partial charge in [-0.05, 0) is 72.6 Å². The summed E-state index contributed by atoms with van der Waals surface area (Å²) in [5, 5.41) is 13.9. The summed E-state index contributed by atoms with van der Waals surface area (Å²) in [6, 6.07) is 0. The van der Waals surface area contributed by atoms with Crippen molar-refractivity contribution in [3.63, 3.8) is 0 Å². The maximum Gasteiger partial charge on any atom is 0.308 e. The molecule has 0 amide bonds. The van der Waals surface area contributed by atoms with Crippen LogP contribution in [0.4, 0.5) is 0 Å². The SMILES string of the molecule is CCOC(=O)C1CCC(O)(CNCCCCN(C)C)CC1. The van der Waals surface area contributed by atoms with Crippen molar-refractivity contribution in [2.24, 2.45) is 5.92 Å². The first-order chi connectivity index (χ1) is 9.97. The standard InChI is InChI=1S/C16H32N2O3/c1-4-21-15(19)14-7-9-16(20,10-8-14)13-17-11-5-6-12-18(2)3/h14,17,20H,4-13H2,1-3H3. The van der Waals surface area contributed by atoms with E-state index in [0.29, 0.717) is 26.0 Å². The molecule has 1 aliphatic carbocycles. The van der Waals surface area contributed by atoms with Crippen molar-refractivity contribution < 1.29 is 14.6 Å². The highest BCUT2D eigenvalue weighted by Crippen LogP contribution is 2.32. The molecule has 0 radical (unpaired) electrons. The molecule has 0 unspecified atom stereocenters. The van der Waals surface area contributed by atoms with Crippen molar-refractivity contribution in [1.82, 2.24) is 10.2 Å². The Morgan fingerprint density at radius 2 is 2.00 bits per heavy atom. The maximum absolute atomic E-state index is 11.7. The molecule has 21 heavy (non-hydrogen) atoms. The van der Waals surface area contributed by atoms with Crippen molar-refractivity contribution in [2.45, 2.75) is 51.0 Å². The Morgan fingerprint density at radius 3 is 2.57 bits per heavy atom. The van der Waals surface area contributed by atoms with E-state index in [1.807, 2.05) is 6.92 Å². The summed E-state index contributed by atoms with van der Waals surface area (Å²) in [5.41, 5.74) is -0.648. The molecule has 1 fully saturated rings. The van der Waals surface area contributed by atoms with Gasteiger partial charge in [-0.2, -0.15) is 0 Å². The molecule has 5 nitrogen and oxygen atoms in total. The van der Waals surface area contributed by atoms with E-state index in [-0.39, 0.29) is 11.9 Å². The Hall–Kier alpha value is -0.650. The van der Waals surface area contributed by atoms with Crippen LogP contribution in [0.2, 0.25) is 0 Å². The highest BCUT2D eigenvalue weighted by molar-refractivity contribution is 5.72. The number of nitrogens with zero attached hydrogens (tertiary/aromatic N) is 1. The van der Waals surface area contributed by atoms with E-state index in [1.165, 1.54) is 6.42 Å². The molecule has 1 aliphatic rings. The van der Waals surface area contributed by atoms with Gasteiger partial charge in [0, 0.05) is 6.54 Å². The number of unbranched alkanes of at least 4 members (excludes halogenated alkanes) is 1. The Labute approximate surface area is 129 Å². The van der Waals surface area contributed by atoms with Crippen LogP contribution in [0.5, 0.6) is 0 Å². The van der Waals surface area contributed by atoms with Gasteiger partial charge < -0.3 is 20.1 Å². The first-order valence-corrected chi connectivity index (χ1v) is 8.21. The molecule has 0 aromatic carbocycles. The Balaban J connectivity index is 2.14. The molecule has 0 aromatic rings. The van der Waals surface area contributed by atoms with Crippen molar-refractivity contribution in [3.05, 3.63) is 0 Å². The van der Waals surface area contributed by atoms with Crippen LogP contribution in [-0.4, -0.2) is 61.9 Å². The van der Waals surface area contributed by atoms with E-state index in [2.05, 4.69) is 24.3 Å². The van der Waals surface area contributed by atoms with Crippen LogP contribution in [0.15, 0.2) is 0 Å². The molecule has 1 rings (SSSR count). The zero-order chi connectivity index (χ0) is 15.7. The minimum Gasteiger partial charge on any atom is -0.466 e. The summed E-state index contributed by atoms with van der Waals surface area (Å²) in [4.78, 5) is 13.9. The minimum atomic E-state index is -0.648. The lowest BCUT2D eigenvalue weighted by atomic mass is 9.79. The number of hydrogen-bond donors (Lipinski definition) is 2. The number of carbonyl (C=O) groups excluding carboxylic acids is 1. The smallest absolute Gasteiger partial charge is 0.308 e. The predicted molar refractivity (Wildman–Crippen MR) is 84.2 cm³/mol. The number of nitrogens with one attached hydrogen (secondary N) is 1. The van der Waals surface area contributed by atoms with Crippen LogP contribution < -0.4 is 5.32 Å². The molecule has 0 aliphatic heterocycles. The van der Waals surface area contributed by atoms with E-state index in [1.54, 1.807) is 0 Å². The van der Waals surface area contributed by atoms with Crippen LogP contribution in [0.25, 0.3) is 0 Å². The molecule has 0 spiro atoms. The maximum atomic E-state index is 11.7. The Bertz CT molecular complexity index is 300. The van der Waals surface area contributed by atoms with Crippen molar-refractivity contribution in [3.8, 4) is 0 Å². The molecule has 124 valence electrons. The van der Waals surface area contributed by atoms with Crippen LogP contribution in [0, 0.1) is 5.92 Å². The zero-order valence-electron chi connectivity index (χ0n) is 13.9. The molecule has 0 aromatic heterocycles. The third kappa shape index (κ3) is 7.25. The third-order valence-electron chi connectivity index (χ3n) is 4.20. The average molecular weight is 300 g/mol. The van der Waals surface area contributed by atoms with Gasteiger partial charge in [0.25, 0.3) is 0 Å². The second-order valence-corrected chi connectivity index (χ2v) is 6.44. The largest absolute Gasteiger partial charge is 0.466 e. The van der Waals surface area contributed by atoms with E-state index >= 15 is 0 Å². The highest BCUT2D eigenvalue weighted by atomic mass is 16.5. The fourth-order valence-electron chi connectivity index (χ4n) is 2.83. The number of ether oxygens (including phenoxy) is 1. The zero-order valence-corrected chi connectivity index (χ0v) is 13.9. The summed E-state index contributed by atoms with van der Waals surface area (Å²) >= 11 is 0. The molecule has 0 heterocycles. The van der Waals surface area contributed by atoms with E-state index in [0.717, 1.165) is 32.4 Å². The summed E-state index contributed by atoms with van der Waals surface area (Å²) in [6.45, 7) is 4.94. The highest BCUT2D eigenvalue weighted by Gasteiger charge is 2.35. The van der Waals surface area contributed by atoms with Gasteiger partial charge in [-0.15, -0.1) is 0 Å². The Morgan fingerprint density at radius 1 is 1.33 bits per heavy atom. The van der Waals surface area contributed by atoms with E-state index < -0.39 is 5.60 Å². The third-order valence-corrected chi connectivity index (χ3v) is 4.20. The fraction of sp³-hybridized carbons (Fsp3) is 0.938. The van der Waals surface area contributed by atoms with Crippen LogP contribution in [0.3, 0.4) is 0 Å². The normalized spacial score (nSPS) is 26.0. The molecule has 1 saturated carbocycles. The van der Waals surface area contributed by atoms with Crippen molar-refractivity contribution >= 4 is 5.97 Å². The number of aliphatic hydroxyl groups is 1. The lowest BCUT2D eigenvalue weighted by Crippen LogP contribution is -2.44. The van der Waals surface area contributed by atoms with Crippen LogP contribution in [-0.2, 0) is 9.53 Å². The Kier molecular flexibility index (Phi) is 8.22. The number of rotatable bonds is 9. The van der Waals surface area contributed by atoms with Crippen molar-refractivity contribution in [1.29, 1.82) is 0 Å². The van der Waals surface area contributed by atoms with Gasteiger partial charge in [0.05, 0.1) is 18.1 Å². The number of esters is 1. The lowest BCUT2D eigenvalue weighted by molar-refractivity contribution is -0.151. The molecule has 2 N–H and O–H groups in total. The van der Waals surface area contributed by atoms with E-state index in [4.69, 9.17) is 4.74 Å². The summed E-state index contributed by atoms with van der Waals surface area (Å²) in [7, 11) is 4.16. The van der Waals surface area contributed by atoms with Crippen molar-refractivity contribution in [2.75, 3.05) is 40.3 Å². The molecule has 5 heteroatoms. The molecular weight excluding hydrogens is 268 g/mol. The summed E-state index contributed by atoms with van der Waals surface area (Å²) < 4.78 is 5.05. The lowest BCUT2D eigenvalue weighted by Gasteiger charge is -2.35. The van der Waals surface area contributed by atoms with Gasteiger partial charge in [-0.3, -0.25) is 4.79 Å². The number of carbonyl (C=O) groups is 1. The topological polar surface area (TPSA) is 61.8 Å². The van der Waals surface area contributed by atoms with Gasteiger partial charge in [0.2, 0.25) is 0 Å². The first-order valence-electron chi connectivity index (χ1n) is 8.21. The second kappa shape index (κ2) is 9.38. The van der Waals surface area contributed by atoms with E-state index in [9.17, 15) is 9.90 Å². The molecule has 0 bridgehead atoms. The molecule has 0 atom stereocenters. The summed E-state index contributed by atoms with van der Waals surface area (Å²) in [6.07, 6.45) is 5.13.